The standard InChI is InChI=1S/C17H16O2/c1-13-12-17(16(18)19-13,14-8-4-2-5-9-14)15-10-6-3-7-11-15/h2-11,13H,12H2,1H3/t13-/m0/s1. The van der Waals surface area contributed by atoms with Crippen LogP contribution in [0.25, 0.3) is 0 Å². The molecule has 2 aromatic rings. The van der Waals surface area contributed by atoms with Gasteiger partial charge in [0.2, 0.25) is 0 Å². The van der Waals surface area contributed by atoms with Crippen molar-refractivity contribution in [2.75, 3.05) is 0 Å². The van der Waals surface area contributed by atoms with Crippen LogP contribution in [-0.4, -0.2) is 12.1 Å². The van der Waals surface area contributed by atoms with Crippen LogP contribution in [0.5, 0.6) is 0 Å². The first-order valence-corrected chi connectivity index (χ1v) is 6.55. The lowest BCUT2D eigenvalue weighted by Crippen LogP contribution is -2.32. The van der Waals surface area contributed by atoms with E-state index in [9.17, 15) is 4.79 Å². The first-order chi connectivity index (χ1) is 9.23. The third-order valence-electron chi connectivity index (χ3n) is 3.78. The minimum Gasteiger partial charge on any atom is -0.462 e. The Morgan fingerprint density at radius 1 is 0.947 bits per heavy atom. The van der Waals surface area contributed by atoms with Crippen LogP contribution in [0, 0.1) is 0 Å². The monoisotopic (exact) mass is 252 g/mol. The van der Waals surface area contributed by atoms with E-state index >= 15 is 0 Å². The smallest absolute Gasteiger partial charge is 0.321 e. The summed E-state index contributed by atoms with van der Waals surface area (Å²) in [6, 6.07) is 19.8. The quantitative estimate of drug-likeness (QED) is 0.766. The highest BCUT2D eigenvalue weighted by atomic mass is 16.6. The second-order valence-corrected chi connectivity index (χ2v) is 5.06. The molecule has 0 unspecified atom stereocenters. The lowest BCUT2D eigenvalue weighted by Gasteiger charge is -2.26. The van der Waals surface area contributed by atoms with Crippen LogP contribution in [0.15, 0.2) is 60.7 Å². The number of hydrogen-bond acceptors (Lipinski definition) is 2. The summed E-state index contributed by atoms with van der Waals surface area (Å²) >= 11 is 0. The minimum absolute atomic E-state index is 0.0482. The minimum atomic E-state index is -0.651. The summed E-state index contributed by atoms with van der Waals surface area (Å²) in [5.41, 5.74) is 1.37. The fourth-order valence-electron chi connectivity index (χ4n) is 2.92. The van der Waals surface area contributed by atoms with Crippen molar-refractivity contribution in [1.29, 1.82) is 0 Å². The molecule has 0 aliphatic carbocycles. The molecule has 0 N–H and O–H groups in total. The maximum atomic E-state index is 12.5. The van der Waals surface area contributed by atoms with Gasteiger partial charge in [-0.3, -0.25) is 4.79 Å². The molecule has 0 radical (unpaired) electrons. The van der Waals surface area contributed by atoms with Crippen LogP contribution in [0.1, 0.15) is 24.5 Å². The summed E-state index contributed by atoms with van der Waals surface area (Å²) in [6.45, 7) is 1.95. The number of carbonyl (C=O) groups is 1. The number of ether oxygens (including phenoxy) is 1. The maximum Gasteiger partial charge on any atom is 0.321 e. The van der Waals surface area contributed by atoms with Crippen LogP contribution < -0.4 is 0 Å². The summed E-state index contributed by atoms with van der Waals surface area (Å²) < 4.78 is 5.45. The van der Waals surface area contributed by atoms with Gasteiger partial charge in [0, 0.05) is 6.42 Å². The Morgan fingerprint density at radius 3 is 1.79 bits per heavy atom. The molecule has 2 heteroatoms. The van der Waals surface area contributed by atoms with Crippen molar-refractivity contribution in [3.63, 3.8) is 0 Å². The average molecular weight is 252 g/mol. The van der Waals surface area contributed by atoms with E-state index in [1.807, 2.05) is 67.6 Å². The molecule has 3 rings (SSSR count). The Hall–Kier alpha value is -2.09. The number of carbonyl (C=O) groups excluding carboxylic acids is 1. The Bertz CT molecular complexity index is 535. The van der Waals surface area contributed by atoms with Gasteiger partial charge in [-0.1, -0.05) is 60.7 Å². The van der Waals surface area contributed by atoms with E-state index in [4.69, 9.17) is 4.74 Å². The van der Waals surface area contributed by atoms with Gasteiger partial charge in [0.15, 0.2) is 0 Å². The van der Waals surface area contributed by atoms with E-state index in [1.54, 1.807) is 0 Å². The second kappa shape index (κ2) is 4.54. The Morgan fingerprint density at radius 2 is 1.42 bits per heavy atom. The van der Waals surface area contributed by atoms with E-state index in [0.29, 0.717) is 6.42 Å². The highest BCUT2D eigenvalue weighted by Gasteiger charge is 2.50. The van der Waals surface area contributed by atoms with E-state index in [-0.39, 0.29) is 12.1 Å². The van der Waals surface area contributed by atoms with E-state index in [2.05, 4.69) is 0 Å². The van der Waals surface area contributed by atoms with Gasteiger partial charge in [0.25, 0.3) is 0 Å². The topological polar surface area (TPSA) is 26.3 Å². The first kappa shape index (κ1) is 12.0. The van der Waals surface area contributed by atoms with Crippen LogP contribution >= 0.6 is 0 Å². The Labute approximate surface area is 113 Å². The van der Waals surface area contributed by atoms with Crippen LogP contribution in [0.4, 0.5) is 0 Å². The molecular weight excluding hydrogens is 236 g/mol. The van der Waals surface area contributed by atoms with Crippen LogP contribution in [-0.2, 0) is 14.9 Å². The lowest BCUT2D eigenvalue weighted by atomic mass is 9.72. The molecule has 2 nitrogen and oxygen atoms in total. The highest BCUT2D eigenvalue weighted by molar-refractivity contribution is 5.89. The molecule has 96 valence electrons. The van der Waals surface area contributed by atoms with Crippen molar-refractivity contribution in [3.8, 4) is 0 Å². The predicted octanol–water partition coefficient (Wildman–Crippen LogP) is 3.31. The van der Waals surface area contributed by atoms with Gasteiger partial charge in [-0.25, -0.2) is 0 Å². The number of cyclic esters (lactones) is 1. The van der Waals surface area contributed by atoms with Gasteiger partial charge in [-0.05, 0) is 18.1 Å². The fourth-order valence-corrected chi connectivity index (χ4v) is 2.92. The van der Waals surface area contributed by atoms with Crippen LogP contribution in [0.2, 0.25) is 0 Å². The van der Waals surface area contributed by atoms with Gasteiger partial charge in [-0.15, -0.1) is 0 Å². The summed E-state index contributed by atoms with van der Waals surface area (Å²) in [5.74, 6) is -0.141. The summed E-state index contributed by atoms with van der Waals surface area (Å²) in [6.07, 6.45) is 0.646. The van der Waals surface area contributed by atoms with Crippen LogP contribution in [0.3, 0.4) is 0 Å². The third-order valence-corrected chi connectivity index (χ3v) is 3.78. The largest absolute Gasteiger partial charge is 0.462 e. The highest BCUT2D eigenvalue weighted by Crippen LogP contribution is 2.43. The number of rotatable bonds is 2. The zero-order chi connectivity index (χ0) is 13.3. The Balaban J connectivity index is 2.20. The first-order valence-electron chi connectivity index (χ1n) is 6.55. The van der Waals surface area contributed by atoms with Gasteiger partial charge in [0.05, 0.1) is 0 Å². The molecule has 1 aliphatic heterocycles. The molecule has 2 aromatic carbocycles. The molecule has 1 saturated heterocycles. The zero-order valence-corrected chi connectivity index (χ0v) is 10.9. The molecule has 0 bridgehead atoms. The molecule has 1 heterocycles. The molecule has 0 amide bonds. The third kappa shape index (κ3) is 1.84. The summed E-state index contributed by atoms with van der Waals surface area (Å²) in [4.78, 5) is 12.5. The Kier molecular flexibility index (Phi) is 2.86. The van der Waals surface area contributed by atoms with Crippen molar-refractivity contribution >= 4 is 5.97 Å². The fraction of sp³-hybridized carbons (Fsp3) is 0.235. The molecule has 1 fully saturated rings. The van der Waals surface area contributed by atoms with Gasteiger partial charge < -0.3 is 4.74 Å². The number of esters is 1. The van der Waals surface area contributed by atoms with Crippen molar-refractivity contribution in [1.82, 2.24) is 0 Å². The number of hydrogen-bond donors (Lipinski definition) is 0. The molecule has 19 heavy (non-hydrogen) atoms. The molecule has 1 atom stereocenters. The van der Waals surface area contributed by atoms with Crippen molar-refractivity contribution in [2.24, 2.45) is 0 Å². The molecular formula is C17H16O2. The van der Waals surface area contributed by atoms with Gasteiger partial charge >= 0.3 is 5.97 Å². The SMILES string of the molecule is C[C@H]1CC(c2ccccc2)(c2ccccc2)C(=O)O1. The molecule has 0 spiro atoms. The van der Waals surface area contributed by atoms with Crippen molar-refractivity contribution in [2.45, 2.75) is 24.9 Å². The van der Waals surface area contributed by atoms with Crippen molar-refractivity contribution in [3.05, 3.63) is 71.8 Å². The predicted molar refractivity (Wildman–Crippen MR) is 73.8 cm³/mol. The summed E-state index contributed by atoms with van der Waals surface area (Å²) in [7, 11) is 0. The van der Waals surface area contributed by atoms with Gasteiger partial charge in [-0.2, -0.15) is 0 Å². The van der Waals surface area contributed by atoms with E-state index in [0.717, 1.165) is 11.1 Å². The second-order valence-electron chi connectivity index (χ2n) is 5.06. The van der Waals surface area contributed by atoms with Crippen molar-refractivity contribution < 1.29 is 9.53 Å². The van der Waals surface area contributed by atoms with E-state index < -0.39 is 5.41 Å². The van der Waals surface area contributed by atoms with Gasteiger partial charge in [0.1, 0.15) is 11.5 Å². The lowest BCUT2D eigenvalue weighted by molar-refractivity contribution is -0.144. The maximum absolute atomic E-state index is 12.5. The number of benzene rings is 2. The normalized spacial score (nSPS) is 21.1. The molecule has 0 saturated carbocycles. The molecule has 0 aromatic heterocycles. The average Bonchev–Trinajstić information content (AvgIpc) is 2.76. The van der Waals surface area contributed by atoms with E-state index in [1.165, 1.54) is 0 Å². The molecule has 1 aliphatic rings. The summed E-state index contributed by atoms with van der Waals surface area (Å²) in [5, 5.41) is 0. The zero-order valence-electron chi connectivity index (χ0n) is 10.9.